The lowest BCUT2D eigenvalue weighted by molar-refractivity contribution is -0.0571. The molecule has 0 aromatic carbocycles. The van der Waals surface area contributed by atoms with Crippen molar-refractivity contribution in [1.29, 1.82) is 0 Å². The van der Waals surface area contributed by atoms with E-state index in [0.29, 0.717) is 24.7 Å². The summed E-state index contributed by atoms with van der Waals surface area (Å²) in [6.45, 7) is 7.29. The average molecular weight is 323 g/mol. The second kappa shape index (κ2) is 7.84. The lowest BCUT2D eigenvalue weighted by atomic mass is 10.0. The minimum atomic E-state index is -0.0230. The first-order chi connectivity index (χ1) is 11.1. The average Bonchev–Trinajstić information content (AvgIpc) is 3.39. The van der Waals surface area contributed by atoms with Gasteiger partial charge in [0.1, 0.15) is 0 Å². The zero-order chi connectivity index (χ0) is 16.2. The molecule has 0 radical (unpaired) electrons. The first-order valence-electron chi connectivity index (χ1n) is 9.55. The number of rotatable bonds is 5. The topological polar surface area (TPSA) is 53.6 Å². The van der Waals surface area contributed by atoms with Gasteiger partial charge in [-0.15, -0.1) is 0 Å². The van der Waals surface area contributed by atoms with Crippen LogP contribution >= 0.6 is 0 Å². The first-order valence-corrected chi connectivity index (χ1v) is 9.55. The summed E-state index contributed by atoms with van der Waals surface area (Å²) in [5, 5.41) is 6.16. The molecule has 0 aromatic heterocycles. The fraction of sp³-hybridized carbons (Fsp3) is 0.944. The Morgan fingerprint density at radius 1 is 1.13 bits per heavy atom. The molecule has 3 rings (SSSR count). The van der Waals surface area contributed by atoms with Crippen LogP contribution in [0.5, 0.6) is 0 Å². The van der Waals surface area contributed by atoms with Crippen molar-refractivity contribution in [2.75, 3.05) is 19.6 Å². The quantitative estimate of drug-likeness (QED) is 0.817. The van der Waals surface area contributed by atoms with E-state index in [-0.39, 0.29) is 12.1 Å². The van der Waals surface area contributed by atoms with Gasteiger partial charge in [0.05, 0.1) is 12.2 Å². The predicted molar refractivity (Wildman–Crippen MR) is 91.5 cm³/mol. The molecule has 2 amide bonds. The Balaban J connectivity index is 1.32. The minimum Gasteiger partial charge on any atom is -0.373 e. The highest BCUT2D eigenvalue weighted by Gasteiger charge is 2.35. The molecular formula is C18H33N3O2. The first kappa shape index (κ1) is 17.0. The van der Waals surface area contributed by atoms with Gasteiger partial charge in [-0.05, 0) is 64.7 Å². The Kier molecular flexibility index (Phi) is 5.81. The second-order valence-corrected chi connectivity index (χ2v) is 7.82. The third-order valence-corrected chi connectivity index (χ3v) is 5.62. The van der Waals surface area contributed by atoms with E-state index < -0.39 is 0 Å². The fourth-order valence-corrected chi connectivity index (χ4v) is 3.90. The summed E-state index contributed by atoms with van der Waals surface area (Å²) in [5.74, 6) is 0.803. The van der Waals surface area contributed by atoms with E-state index in [1.807, 2.05) is 0 Å². The van der Waals surface area contributed by atoms with Crippen LogP contribution in [0.25, 0.3) is 0 Å². The highest BCUT2D eigenvalue weighted by Crippen LogP contribution is 2.39. The molecule has 2 saturated heterocycles. The largest absolute Gasteiger partial charge is 0.373 e. The molecule has 5 heteroatoms. The van der Waals surface area contributed by atoms with E-state index in [4.69, 9.17) is 4.74 Å². The number of hydrogen-bond donors (Lipinski definition) is 2. The Morgan fingerprint density at radius 2 is 1.87 bits per heavy atom. The number of urea groups is 1. The van der Waals surface area contributed by atoms with Crippen LogP contribution in [0.15, 0.2) is 0 Å². The zero-order valence-electron chi connectivity index (χ0n) is 14.7. The van der Waals surface area contributed by atoms with Crippen molar-refractivity contribution < 1.29 is 9.53 Å². The monoisotopic (exact) mass is 323 g/mol. The van der Waals surface area contributed by atoms with Gasteiger partial charge in [-0.1, -0.05) is 0 Å². The normalized spacial score (nSPS) is 30.4. The molecule has 1 aliphatic carbocycles. The Labute approximate surface area is 140 Å². The lowest BCUT2D eigenvalue weighted by Gasteiger charge is -2.35. The molecule has 5 nitrogen and oxygen atoms in total. The molecule has 2 unspecified atom stereocenters. The van der Waals surface area contributed by atoms with Gasteiger partial charge in [0.15, 0.2) is 0 Å². The zero-order valence-corrected chi connectivity index (χ0v) is 14.7. The molecule has 2 N–H and O–H groups in total. The summed E-state index contributed by atoms with van der Waals surface area (Å²) in [5.41, 5.74) is 0. The van der Waals surface area contributed by atoms with Crippen LogP contribution < -0.4 is 10.6 Å². The van der Waals surface area contributed by atoms with Crippen LogP contribution in [-0.4, -0.2) is 54.9 Å². The van der Waals surface area contributed by atoms with E-state index in [1.54, 1.807) is 0 Å². The summed E-state index contributed by atoms with van der Waals surface area (Å²) in [7, 11) is 0. The summed E-state index contributed by atoms with van der Waals surface area (Å²) in [6.07, 6.45) is 8.97. The molecule has 2 heterocycles. The number of hydrogen-bond acceptors (Lipinski definition) is 3. The number of carbonyl (C=O) groups excluding carboxylic acids is 1. The standard InChI is InChI=1S/C18H33N3O2/c1-13(2)21-10-8-15(9-11-21)20-18(22)19-12-16-4-3-5-17(23-16)14-6-7-14/h13-17H,3-12H2,1-2H3,(H2,19,20,22). The molecule has 3 aliphatic rings. The van der Waals surface area contributed by atoms with Gasteiger partial charge in [-0.2, -0.15) is 0 Å². The minimum absolute atomic E-state index is 0.0230. The Morgan fingerprint density at radius 3 is 2.52 bits per heavy atom. The van der Waals surface area contributed by atoms with Crippen molar-refractivity contribution in [2.24, 2.45) is 5.92 Å². The summed E-state index contributed by atoms with van der Waals surface area (Å²) >= 11 is 0. The van der Waals surface area contributed by atoms with Crippen molar-refractivity contribution in [3.8, 4) is 0 Å². The predicted octanol–water partition coefficient (Wildman–Crippen LogP) is 2.51. The Bertz CT molecular complexity index is 390. The van der Waals surface area contributed by atoms with Crippen molar-refractivity contribution >= 4 is 6.03 Å². The molecule has 0 bridgehead atoms. The van der Waals surface area contributed by atoms with Gasteiger partial charge in [-0.3, -0.25) is 0 Å². The molecule has 3 fully saturated rings. The summed E-state index contributed by atoms with van der Waals surface area (Å²) < 4.78 is 6.14. The van der Waals surface area contributed by atoms with Gasteiger partial charge in [0.25, 0.3) is 0 Å². The van der Waals surface area contributed by atoms with Crippen molar-refractivity contribution in [1.82, 2.24) is 15.5 Å². The van der Waals surface area contributed by atoms with Gasteiger partial charge < -0.3 is 20.3 Å². The maximum Gasteiger partial charge on any atom is 0.315 e. The molecular weight excluding hydrogens is 290 g/mol. The van der Waals surface area contributed by atoms with Crippen molar-refractivity contribution in [3.05, 3.63) is 0 Å². The van der Waals surface area contributed by atoms with E-state index >= 15 is 0 Å². The molecule has 1 saturated carbocycles. The smallest absolute Gasteiger partial charge is 0.315 e. The maximum atomic E-state index is 12.1. The molecule has 132 valence electrons. The summed E-state index contributed by atoms with van der Waals surface area (Å²) in [4.78, 5) is 14.6. The molecule has 0 aromatic rings. The van der Waals surface area contributed by atoms with Crippen molar-refractivity contribution in [3.63, 3.8) is 0 Å². The van der Waals surface area contributed by atoms with Crippen LogP contribution in [0.2, 0.25) is 0 Å². The van der Waals surface area contributed by atoms with Gasteiger partial charge in [0, 0.05) is 31.7 Å². The third kappa shape index (κ3) is 5.08. The van der Waals surface area contributed by atoms with E-state index in [2.05, 4.69) is 29.4 Å². The number of likely N-dealkylation sites (tertiary alicyclic amines) is 1. The Hall–Kier alpha value is -0.810. The van der Waals surface area contributed by atoms with Gasteiger partial charge in [0.2, 0.25) is 0 Å². The fourth-order valence-electron chi connectivity index (χ4n) is 3.90. The van der Waals surface area contributed by atoms with Crippen molar-refractivity contribution in [2.45, 2.75) is 83.1 Å². The molecule has 23 heavy (non-hydrogen) atoms. The summed E-state index contributed by atoms with van der Waals surface area (Å²) in [6, 6.07) is 0.897. The molecule has 2 aliphatic heterocycles. The lowest BCUT2D eigenvalue weighted by Crippen LogP contribution is -2.50. The maximum absolute atomic E-state index is 12.1. The van der Waals surface area contributed by atoms with E-state index in [0.717, 1.165) is 38.3 Å². The van der Waals surface area contributed by atoms with Crippen LogP contribution in [0.3, 0.4) is 0 Å². The highest BCUT2D eigenvalue weighted by atomic mass is 16.5. The van der Waals surface area contributed by atoms with Gasteiger partial charge >= 0.3 is 6.03 Å². The number of nitrogens with zero attached hydrogens (tertiary/aromatic N) is 1. The molecule has 2 atom stereocenters. The van der Waals surface area contributed by atoms with E-state index in [1.165, 1.54) is 25.7 Å². The number of ether oxygens (including phenoxy) is 1. The van der Waals surface area contributed by atoms with Crippen LogP contribution in [0, 0.1) is 5.92 Å². The number of carbonyl (C=O) groups is 1. The highest BCUT2D eigenvalue weighted by molar-refractivity contribution is 5.74. The number of nitrogens with one attached hydrogen (secondary N) is 2. The van der Waals surface area contributed by atoms with Crippen LogP contribution in [0.4, 0.5) is 4.79 Å². The number of amides is 2. The van der Waals surface area contributed by atoms with E-state index in [9.17, 15) is 4.79 Å². The second-order valence-electron chi connectivity index (χ2n) is 7.82. The van der Waals surface area contributed by atoms with Gasteiger partial charge in [-0.25, -0.2) is 4.79 Å². The van der Waals surface area contributed by atoms with Crippen LogP contribution in [-0.2, 0) is 4.74 Å². The van der Waals surface area contributed by atoms with Crippen LogP contribution in [0.1, 0.15) is 58.8 Å². The third-order valence-electron chi connectivity index (χ3n) is 5.62. The SMILES string of the molecule is CC(C)N1CCC(NC(=O)NCC2CCCC(C3CC3)O2)CC1. The number of piperidine rings is 1. The molecule has 0 spiro atoms.